The van der Waals surface area contributed by atoms with Gasteiger partial charge in [-0.1, -0.05) is 0 Å². The normalized spacial score (nSPS) is 17.6. The summed E-state index contributed by atoms with van der Waals surface area (Å²) in [6, 6.07) is 0. The summed E-state index contributed by atoms with van der Waals surface area (Å²) in [4.78, 5) is 23.8. The van der Waals surface area contributed by atoms with E-state index in [2.05, 4.69) is 18.9 Å². The highest BCUT2D eigenvalue weighted by Gasteiger charge is 2.73. The molecule has 0 aliphatic carbocycles. The number of halogens is 13. The molecule has 0 aliphatic rings. The Kier molecular flexibility index (Phi) is 14.6. The van der Waals surface area contributed by atoms with Gasteiger partial charge in [-0.3, -0.25) is 14.1 Å². The van der Waals surface area contributed by atoms with Gasteiger partial charge in [-0.05, 0) is 13.8 Å². The number of hydrogen-bond donors (Lipinski definition) is 3. The number of carbonyl (C=O) groups is 2. The second-order valence-corrected chi connectivity index (χ2v) is 11.3. The van der Waals surface area contributed by atoms with Gasteiger partial charge in [-0.2, -0.15) is 65.5 Å². The van der Waals surface area contributed by atoms with Gasteiger partial charge in [0, 0.05) is 6.92 Å². The highest BCUT2D eigenvalue weighted by Crippen LogP contribution is 2.47. The van der Waals surface area contributed by atoms with E-state index < -0.39 is 127 Å². The molecule has 3 N–H and O–H groups in total. The number of rotatable bonds is 20. The molecule has 46 heavy (non-hydrogen) atoms. The number of carbonyl (C=O) groups excluding carboxylic acids is 1. The van der Waals surface area contributed by atoms with Gasteiger partial charge in [0.1, 0.15) is 19.3 Å². The maximum atomic E-state index is 13.6. The molecular weight excluding hydrogens is 707 g/mol. The quantitative estimate of drug-likeness (QED) is 0.0722. The maximum Gasteiger partial charge on any atom is 0.459 e. The lowest BCUT2D eigenvalue weighted by molar-refractivity contribution is -0.361. The summed E-state index contributed by atoms with van der Waals surface area (Å²) >= 11 is 0. The predicted octanol–water partition coefficient (Wildman–Crippen LogP) is 3.78. The minimum absolute atomic E-state index is 0.511. The third kappa shape index (κ3) is 11.5. The average molecular weight is 734 g/mol. The summed E-state index contributed by atoms with van der Waals surface area (Å²) in [7, 11) is -5.78. The zero-order valence-electron chi connectivity index (χ0n) is 23.4. The van der Waals surface area contributed by atoms with Gasteiger partial charge in [0.2, 0.25) is 0 Å². The summed E-state index contributed by atoms with van der Waals surface area (Å²) in [5.74, 6) is -35.7. The number of ether oxygens (including phenoxy) is 4. The van der Waals surface area contributed by atoms with Crippen molar-refractivity contribution in [2.45, 2.75) is 86.7 Å². The van der Waals surface area contributed by atoms with Crippen molar-refractivity contribution < 1.29 is 109 Å². The van der Waals surface area contributed by atoms with Crippen LogP contribution in [-0.4, -0.2) is 121 Å². The van der Waals surface area contributed by atoms with Crippen LogP contribution in [0.25, 0.3) is 0 Å². The van der Waals surface area contributed by atoms with Gasteiger partial charge in [0.05, 0.1) is 31.7 Å². The Morgan fingerprint density at radius 2 is 1.17 bits per heavy atom. The Morgan fingerprint density at radius 3 is 1.54 bits per heavy atom. The number of alkyl halides is 13. The van der Waals surface area contributed by atoms with Crippen LogP contribution in [0.4, 0.5) is 57.1 Å². The van der Waals surface area contributed by atoms with E-state index >= 15 is 0 Å². The van der Waals surface area contributed by atoms with Gasteiger partial charge >= 0.3 is 47.7 Å². The Balaban J connectivity index is 5.65. The SMILES string of the molecule is CC(COCC(F)(F)C(F)(F)C(F)(F)F)OC(=O)C(CC(=O)O)C(C(O)OC(C)COCC(F)(F)C(F)(F)C(C)(F)F)S(=O)(=O)O. The van der Waals surface area contributed by atoms with Crippen molar-refractivity contribution in [1.29, 1.82) is 0 Å². The molecule has 0 heterocycles. The monoisotopic (exact) mass is 734 g/mol. The summed E-state index contributed by atoms with van der Waals surface area (Å²) in [5, 5.41) is 16.2. The van der Waals surface area contributed by atoms with E-state index in [0.717, 1.165) is 6.92 Å². The molecule has 0 aromatic carbocycles. The van der Waals surface area contributed by atoms with E-state index in [1.54, 1.807) is 0 Å². The second-order valence-electron chi connectivity index (χ2n) is 9.74. The first-order valence-electron chi connectivity index (χ1n) is 12.1. The third-order valence-electron chi connectivity index (χ3n) is 5.51. The number of aliphatic carboxylic acids is 1. The highest BCUT2D eigenvalue weighted by molar-refractivity contribution is 7.86. The van der Waals surface area contributed by atoms with Gasteiger partial charge in [-0.15, -0.1) is 0 Å². The van der Waals surface area contributed by atoms with Crippen LogP contribution >= 0.6 is 0 Å². The average Bonchev–Trinajstić information content (AvgIpc) is 2.80. The highest BCUT2D eigenvalue weighted by atomic mass is 32.2. The van der Waals surface area contributed by atoms with E-state index in [1.165, 1.54) is 0 Å². The van der Waals surface area contributed by atoms with Gasteiger partial charge < -0.3 is 29.2 Å². The van der Waals surface area contributed by atoms with Gasteiger partial charge in [-0.25, -0.2) is 0 Å². The molecule has 25 heteroatoms. The second kappa shape index (κ2) is 15.3. The topological polar surface area (TPSA) is 166 Å². The molecule has 0 bridgehead atoms. The molecule has 0 aliphatic heterocycles. The van der Waals surface area contributed by atoms with Crippen LogP contribution in [0.5, 0.6) is 0 Å². The van der Waals surface area contributed by atoms with Crippen molar-refractivity contribution in [3.8, 4) is 0 Å². The Hall–Kier alpha value is -2.22. The largest absolute Gasteiger partial charge is 0.481 e. The van der Waals surface area contributed by atoms with Crippen LogP contribution in [0.3, 0.4) is 0 Å². The van der Waals surface area contributed by atoms with Crippen molar-refractivity contribution in [3.63, 3.8) is 0 Å². The summed E-state index contributed by atoms with van der Waals surface area (Å²) < 4.78 is 219. The van der Waals surface area contributed by atoms with E-state index in [9.17, 15) is 84.7 Å². The number of carboxylic acid groups (broad SMARTS) is 1. The van der Waals surface area contributed by atoms with Crippen molar-refractivity contribution in [2.75, 3.05) is 26.4 Å². The minimum Gasteiger partial charge on any atom is -0.481 e. The van der Waals surface area contributed by atoms with Crippen LogP contribution in [0.1, 0.15) is 27.2 Å². The summed E-state index contributed by atoms with van der Waals surface area (Å²) in [6.45, 7) is -6.67. The fourth-order valence-electron chi connectivity index (χ4n) is 3.17. The van der Waals surface area contributed by atoms with Crippen LogP contribution in [0.2, 0.25) is 0 Å². The molecule has 11 nitrogen and oxygen atoms in total. The fourth-order valence-corrected chi connectivity index (χ4v) is 4.15. The molecule has 0 aromatic rings. The third-order valence-corrected chi connectivity index (χ3v) is 6.76. The van der Waals surface area contributed by atoms with Crippen LogP contribution in [0.15, 0.2) is 0 Å². The van der Waals surface area contributed by atoms with Gasteiger partial charge in [0.25, 0.3) is 10.1 Å². The standard InChI is InChI=1S/C21H27F13O11S/c1-9(5-43-8-18(26,27)20(30,31)21(32,33)34)44-14(37)11(4-12(35)36)13(46(39,40)41)15(38)45-10(2)6-42-7-17(24,25)19(28,29)16(3,22)23/h9-11,13,15,38H,4-8H2,1-3H3,(H,35,36)(H,39,40,41). The number of aliphatic hydroxyl groups is 1. The fraction of sp³-hybridized carbons (Fsp3) is 0.905. The van der Waals surface area contributed by atoms with Crippen LogP contribution in [-0.2, 0) is 38.7 Å². The first-order valence-corrected chi connectivity index (χ1v) is 13.6. The zero-order valence-corrected chi connectivity index (χ0v) is 24.2. The van der Waals surface area contributed by atoms with Crippen LogP contribution in [0, 0.1) is 5.92 Å². The molecule has 0 saturated heterocycles. The maximum absolute atomic E-state index is 13.6. The Bertz CT molecular complexity index is 1130. The molecule has 0 aromatic heterocycles. The molecule has 5 unspecified atom stereocenters. The number of hydrogen-bond acceptors (Lipinski definition) is 9. The van der Waals surface area contributed by atoms with E-state index in [1.807, 2.05) is 0 Å². The first kappa shape index (κ1) is 43.8. The number of carboxylic acids is 1. The smallest absolute Gasteiger partial charge is 0.459 e. The summed E-state index contributed by atoms with van der Waals surface area (Å²) in [6.07, 6.45) is -15.1. The molecule has 5 atom stereocenters. The Morgan fingerprint density at radius 1 is 0.761 bits per heavy atom. The lowest BCUT2D eigenvalue weighted by atomic mass is 10.0. The van der Waals surface area contributed by atoms with Gasteiger partial charge in [0.15, 0.2) is 11.5 Å². The number of esters is 1. The van der Waals surface area contributed by atoms with Crippen molar-refractivity contribution in [3.05, 3.63) is 0 Å². The molecule has 0 saturated carbocycles. The van der Waals surface area contributed by atoms with E-state index in [4.69, 9.17) is 5.11 Å². The van der Waals surface area contributed by atoms with E-state index in [-0.39, 0.29) is 0 Å². The van der Waals surface area contributed by atoms with Crippen molar-refractivity contribution in [2.24, 2.45) is 5.92 Å². The summed E-state index contributed by atoms with van der Waals surface area (Å²) in [5.41, 5.74) is 0. The lowest BCUT2D eigenvalue weighted by Crippen LogP contribution is -2.55. The van der Waals surface area contributed by atoms with Crippen molar-refractivity contribution >= 4 is 22.1 Å². The Labute approximate surface area is 250 Å². The molecule has 0 amide bonds. The molecule has 0 rings (SSSR count). The molecule has 0 radical (unpaired) electrons. The zero-order chi connectivity index (χ0) is 36.9. The van der Waals surface area contributed by atoms with Crippen LogP contribution < -0.4 is 0 Å². The van der Waals surface area contributed by atoms with E-state index in [0.29, 0.717) is 6.92 Å². The number of aliphatic hydroxyl groups excluding tert-OH is 1. The first-order chi connectivity index (χ1) is 20.2. The molecule has 0 fully saturated rings. The molecule has 0 spiro atoms. The predicted molar refractivity (Wildman–Crippen MR) is 121 cm³/mol. The lowest BCUT2D eigenvalue weighted by Gasteiger charge is -2.31. The minimum atomic E-state index is -6.70. The molecule has 274 valence electrons. The van der Waals surface area contributed by atoms with Crippen molar-refractivity contribution in [1.82, 2.24) is 0 Å². The molecular formula is C21H27F13O11S.